The summed E-state index contributed by atoms with van der Waals surface area (Å²) >= 11 is 0. The van der Waals surface area contributed by atoms with Crippen molar-refractivity contribution in [2.24, 2.45) is 5.92 Å². The topological polar surface area (TPSA) is 118 Å². The van der Waals surface area contributed by atoms with Gasteiger partial charge in [-0.15, -0.1) is 0 Å². The zero-order chi connectivity index (χ0) is 32.1. The molecule has 2 aromatic carbocycles. The Labute approximate surface area is 254 Å². The molecule has 3 N–H and O–H groups in total. The molecule has 0 fully saturated rings. The Kier molecular flexibility index (Phi) is 8.59. The minimum absolute atomic E-state index is 0.0808. The predicted octanol–water partition coefficient (Wildman–Crippen LogP) is 7.71. The van der Waals surface area contributed by atoms with Gasteiger partial charge in [0.1, 0.15) is 5.52 Å². The summed E-state index contributed by atoms with van der Waals surface area (Å²) in [6.07, 6.45) is 0.590. The molecule has 4 aromatic rings. The first-order chi connectivity index (χ1) is 19.8. The zero-order valence-corrected chi connectivity index (χ0v) is 27.5. The molecule has 1 amide bonds. The fourth-order valence-corrected chi connectivity index (χ4v) is 5.09. The lowest BCUT2D eigenvalue weighted by molar-refractivity contribution is 0.0881. The van der Waals surface area contributed by atoms with Crippen LogP contribution in [0.2, 0.25) is 0 Å². The molecular formula is C35H47N3O5. The molecule has 2 aromatic heterocycles. The predicted molar refractivity (Wildman–Crippen MR) is 174 cm³/mol. The Bertz CT molecular complexity index is 1710. The molecule has 0 aliphatic heterocycles. The van der Waals surface area contributed by atoms with Gasteiger partial charge in [-0.25, -0.2) is 0 Å². The van der Waals surface area contributed by atoms with Crippen molar-refractivity contribution >= 4 is 39.7 Å². The van der Waals surface area contributed by atoms with Crippen LogP contribution < -0.4 is 16.1 Å². The van der Waals surface area contributed by atoms with Crippen LogP contribution in [0.25, 0.3) is 22.1 Å². The molecule has 1 atom stereocenters. The number of fused-ring (bicyclic) bond motifs is 2. The monoisotopic (exact) mass is 589 g/mol. The molecule has 232 valence electrons. The summed E-state index contributed by atoms with van der Waals surface area (Å²) in [6.45, 7) is 23.0. The first kappa shape index (κ1) is 32.3. The summed E-state index contributed by atoms with van der Waals surface area (Å²) in [4.78, 5) is 31.3. The number of carbonyl (C=O) groups excluding carboxylic acids is 1. The van der Waals surface area contributed by atoms with E-state index in [1.54, 1.807) is 0 Å². The van der Waals surface area contributed by atoms with Gasteiger partial charge >= 0.3 is 0 Å². The summed E-state index contributed by atoms with van der Waals surface area (Å²) < 4.78 is 12.5. The number of aliphatic hydroxyl groups excluding tert-OH is 1. The number of rotatable bonds is 7. The summed E-state index contributed by atoms with van der Waals surface area (Å²) in [5.41, 5.74) is 4.35. The van der Waals surface area contributed by atoms with Crippen molar-refractivity contribution in [1.82, 2.24) is 10.3 Å². The van der Waals surface area contributed by atoms with E-state index in [0.29, 0.717) is 23.1 Å². The van der Waals surface area contributed by atoms with Crippen molar-refractivity contribution in [3.8, 4) is 0 Å². The van der Waals surface area contributed by atoms with Crippen LogP contribution in [0, 0.1) is 5.92 Å². The molecule has 0 radical (unpaired) electrons. The minimum atomic E-state index is -0.559. The molecule has 8 nitrogen and oxygen atoms in total. The first-order valence-electron chi connectivity index (χ1n) is 15.0. The van der Waals surface area contributed by atoms with E-state index in [-0.39, 0.29) is 51.6 Å². The van der Waals surface area contributed by atoms with E-state index in [1.807, 2.05) is 26.0 Å². The fraction of sp³-hybridized carbons (Fsp3) is 0.514. The highest BCUT2D eigenvalue weighted by molar-refractivity contribution is 5.96. The van der Waals surface area contributed by atoms with Gasteiger partial charge in [-0.1, -0.05) is 82.2 Å². The van der Waals surface area contributed by atoms with E-state index in [0.717, 1.165) is 22.2 Å². The highest BCUT2D eigenvalue weighted by Gasteiger charge is 2.27. The standard InChI is InChI=1S/C35H47N3O5/c1-19(2)12-22(18-39)36-31(41)28-17-27(40)23-13-20(33(3,4)5)15-25(29(23)42-28)37-32-38-26-16-21(34(6,7)8)14-24(30(26)43-32)35(9,10)11/h13-17,19,22,39H,12,18H2,1-11H3,(H,36,41)(H,37,38)/t22-/m0/s1. The molecule has 0 aliphatic rings. The summed E-state index contributed by atoms with van der Waals surface area (Å²) in [5, 5.41) is 16.2. The van der Waals surface area contributed by atoms with E-state index >= 15 is 0 Å². The third kappa shape index (κ3) is 7.12. The molecule has 0 spiro atoms. The fourth-order valence-electron chi connectivity index (χ4n) is 5.09. The average Bonchev–Trinajstić information content (AvgIpc) is 3.28. The van der Waals surface area contributed by atoms with Crippen LogP contribution in [0.3, 0.4) is 0 Å². The van der Waals surface area contributed by atoms with Crippen molar-refractivity contribution in [2.75, 3.05) is 11.9 Å². The lowest BCUT2D eigenvalue weighted by Gasteiger charge is -2.24. The van der Waals surface area contributed by atoms with Crippen LogP contribution in [0.5, 0.6) is 0 Å². The number of aromatic nitrogens is 1. The molecule has 0 aliphatic carbocycles. The Hall–Kier alpha value is -3.65. The third-order valence-corrected chi connectivity index (χ3v) is 7.64. The van der Waals surface area contributed by atoms with E-state index in [2.05, 4.69) is 85.1 Å². The van der Waals surface area contributed by atoms with Crippen molar-refractivity contribution in [1.29, 1.82) is 0 Å². The van der Waals surface area contributed by atoms with Gasteiger partial charge in [0.15, 0.2) is 22.4 Å². The molecule has 0 saturated heterocycles. The van der Waals surface area contributed by atoms with Crippen LogP contribution in [0.1, 0.15) is 110 Å². The van der Waals surface area contributed by atoms with E-state index in [9.17, 15) is 14.7 Å². The summed E-state index contributed by atoms with van der Waals surface area (Å²) in [5.74, 6) is -0.424. The van der Waals surface area contributed by atoms with Gasteiger partial charge < -0.3 is 24.6 Å². The number of nitrogens with one attached hydrogen (secondary N) is 2. The van der Waals surface area contributed by atoms with E-state index in [1.165, 1.54) is 6.07 Å². The largest absolute Gasteiger partial charge is 0.448 e. The maximum atomic E-state index is 13.4. The lowest BCUT2D eigenvalue weighted by Crippen LogP contribution is -2.38. The number of hydrogen-bond donors (Lipinski definition) is 3. The van der Waals surface area contributed by atoms with Gasteiger partial charge in [-0.3, -0.25) is 9.59 Å². The van der Waals surface area contributed by atoms with Gasteiger partial charge in [-0.2, -0.15) is 4.98 Å². The Morgan fingerprint density at radius 1 is 0.860 bits per heavy atom. The SMILES string of the molecule is CC(C)C[C@@H](CO)NC(=O)c1cc(=O)c2cc(C(C)(C)C)cc(Nc3nc4cc(C(C)(C)C)cc(C(C)(C)C)c4o3)c2o1. The van der Waals surface area contributed by atoms with Crippen LogP contribution in [-0.2, 0) is 16.2 Å². The van der Waals surface area contributed by atoms with Crippen molar-refractivity contribution in [3.63, 3.8) is 0 Å². The lowest BCUT2D eigenvalue weighted by atomic mass is 9.80. The third-order valence-electron chi connectivity index (χ3n) is 7.64. The summed E-state index contributed by atoms with van der Waals surface area (Å²) in [6, 6.07) is 8.97. The van der Waals surface area contributed by atoms with Gasteiger partial charge in [0.25, 0.3) is 11.9 Å². The number of oxazole rings is 1. The van der Waals surface area contributed by atoms with Gasteiger partial charge in [0, 0.05) is 11.6 Å². The van der Waals surface area contributed by atoms with Crippen molar-refractivity contribution < 1.29 is 18.7 Å². The van der Waals surface area contributed by atoms with Gasteiger partial charge in [-0.05, 0) is 57.9 Å². The van der Waals surface area contributed by atoms with Crippen molar-refractivity contribution in [3.05, 3.63) is 63.0 Å². The highest BCUT2D eigenvalue weighted by atomic mass is 16.4. The van der Waals surface area contributed by atoms with Crippen molar-refractivity contribution in [2.45, 2.75) is 105 Å². The Morgan fingerprint density at radius 3 is 2.05 bits per heavy atom. The maximum Gasteiger partial charge on any atom is 0.300 e. The van der Waals surface area contributed by atoms with Crippen LogP contribution >= 0.6 is 0 Å². The second kappa shape index (κ2) is 11.5. The summed E-state index contributed by atoms with van der Waals surface area (Å²) in [7, 11) is 0. The van der Waals surface area contributed by atoms with Gasteiger partial charge in [0.2, 0.25) is 0 Å². The molecule has 0 bridgehead atoms. The minimum Gasteiger partial charge on any atom is -0.448 e. The van der Waals surface area contributed by atoms with E-state index < -0.39 is 11.9 Å². The maximum absolute atomic E-state index is 13.4. The average molecular weight is 590 g/mol. The van der Waals surface area contributed by atoms with Crippen LogP contribution in [0.15, 0.2) is 44.0 Å². The smallest absolute Gasteiger partial charge is 0.300 e. The zero-order valence-electron chi connectivity index (χ0n) is 27.5. The number of hydrogen-bond acceptors (Lipinski definition) is 7. The number of carbonyl (C=O) groups is 1. The quantitative estimate of drug-likeness (QED) is 0.202. The molecular weight excluding hydrogens is 542 g/mol. The van der Waals surface area contributed by atoms with E-state index in [4.69, 9.17) is 13.8 Å². The molecule has 43 heavy (non-hydrogen) atoms. The Morgan fingerprint density at radius 2 is 1.49 bits per heavy atom. The number of aliphatic hydroxyl groups is 1. The van der Waals surface area contributed by atoms with Gasteiger partial charge in [0.05, 0.1) is 23.7 Å². The molecule has 2 heterocycles. The second-order valence-electron chi connectivity index (χ2n) is 15.1. The van der Waals surface area contributed by atoms with Crippen LogP contribution in [0.4, 0.5) is 11.7 Å². The normalized spacial score (nSPS) is 13.6. The number of amides is 1. The number of nitrogens with zero attached hydrogens (tertiary/aromatic N) is 1. The molecule has 8 heteroatoms. The number of benzene rings is 2. The highest BCUT2D eigenvalue weighted by Crippen LogP contribution is 2.38. The second-order valence-corrected chi connectivity index (χ2v) is 15.1. The number of anilines is 2. The molecule has 0 unspecified atom stereocenters. The first-order valence-corrected chi connectivity index (χ1v) is 15.0. The Balaban J connectivity index is 1.87. The van der Waals surface area contributed by atoms with Crippen LogP contribution in [-0.4, -0.2) is 28.6 Å². The molecule has 0 saturated carbocycles. The molecule has 4 rings (SSSR count).